The van der Waals surface area contributed by atoms with Crippen molar-refractivity contribution in [1.82, 2.24) is 0 Å². The van der Waals surface area contributed by atoms with Gasteiger partial charge in [-0.25, -0.2) is 0 Å². The van der Waals surface area contributed by atoms with Gasteiger partial charge in [-0.15, -0.1) is 24.8 Å². The summed E-state index contributed by atoms with van der Waals surface area (Å²) in [5.41, 5.74) is 0. The second-order valence-electron chi connectivity index (χ2n) is 1.32. The fourth-order valence-electron chi connectivity index (χ4n) is 0.447. The number of allylic oxidation sites excluding steroid dienone is 4. The van der Waals surface area contributed by atoms with Crippen molar-refractivity contribution in [3.8, 4) is 0 Å². The molecule has 0 fully saturated rings. The molecule has 1 rings (SSSR count). The molecule has 10 heavy (non-hydrogen) atoms. The fraction of sp³-hybridized carbons (Fsp3) is 0.429. The van der Waals surface area contributed by atoms with Crippen LogP contribution in [0.1, 0.15) is 21.3 Å². The molecule has 0 saturated heterocycles. The van der Waals surface area contributed by atoms with Gasteiger partial charge in [0.1, 0.15) is 0 Å². The van der Waals surface area contributed by atoms with Crippen molar-refractivity contribution >= 4 is 24.8 Å². The van der Waals surface area contributed by atoms with E-state index in [2.05, 4.69) is 18.2 Å². The number of halogens is 2. The first-order valence-corrected chi connectivity index (χ1v) is 3.20. The standard InChI is InChI=1S/C5H5.2CH4.2ClH.Zr/c1-2-4-5-3-1;;;;;/h1-3H,4H2;2*1H4;2*1H;. The van der Waals surface area contributed by atoms with Crippen LogP contribution >= 0.6 is 24.8 Å². The summed E-state index contributed by atoms with van der Waals surface area (Å²) in [6.07, 6.45) is 7.69. The fourth-order valence-corrected chi connectivity index (χ4v) is 0.973. The van der Waals surface area contributed by atoms with Crippen LogP contribution in [0.15, 0.2) is 21.5 Å². The molecule has 0 spiro atoms. The summed E-state index contributed by atoms with van der Waals surface area (Å²) >= 11 is 1.56. The molecule has 0 aromatic heterocycles. The Kier molecular flexibility index (Phi) is 28.3. The van der Waals surface area contributed by atoms with E-state index in [4.69, 9.17) is 0 Å². The molecule has 0 saturated carbocycles. The van der Waals surface area contributed by atoms with Crippen molar-refractivity contribution in [3.63, 3.8) is 0 Å². The average molecular weight is 261 g/mol. The van der Waals surface area contributed by atoms with Gasteiger partial charge < -0.3 is 0 Å². The van der Waals surface area contributed by atoms with E-state index in [9.17, 15) is 0 Å². The van der Waals surface area contributed by atoms with E-state index in [-0.39, 0.29) is 39.7 Å². The van der Waals surface area contributed by atoms with Crippen molar-refractivity contribution in [3.05, 3.63) is 21.5 Å². The molecule has 0 aliphatic heterocycles. The van der Waals surface area contributed by atoms with E-state index < -0.39 is 0 Å². The Morgan fingerprint density at radius 1 is 1.20 bits per heavy atom. The molecule has 1 aliphatic carbocycles. The molecule has 0 N–H and O–H groups in total. The van der Waals surface area contributed by atoms with Gasteiger partial charge in [0.2, 0.25) is 0 Å². The van der Waals surface area contributed by atoms with Gasteiger partial charge in [0.15, 0.2) is 0 Å². The van der Waals surface area contributed by atoms with Crippen molar-refractivity contribution < 1.29 is 24.7 Å². The average Bonchev–Trinajstić information content (AvgIpc) is 1.86. The molecule has 0 unspecified atom stereocenters. The minimum atomic E-state index is 0. The van der Waals surface area contributed by atoms with Crippen LogP contribution in [0.2, 0.25) is 0 Å². The van der Waals surface area contributed by atoms with Crippen LogP contribution in [0.4, 0.5) is 0 Å². The third kappa shape index (κ3) is 8.94. The molecule has 0 amide bonds. The molecule has 0 aromatic rings. The van der Waals surface area contributed by atoms with Gasteiger partial charge in [0.05, 0.1) is 0 Å². The first-order chi connectivity index (χ1) is 2.89. The Labute approximate surface area is 91.8 Å². The van der Waals surface area contributed by atoms with E-state index in [0.717, 1.165) is 0 Å². The van der Waals surface area contributed by atoms with Gasteiger partial charge in [0, 0.05) is 0 Å². The van der Waals surface area contributed by atoms with Gasteiger partial charge in [0.25, 0.3) is 0 Å². The van der Waals surface area contributed by atoms with Crippen molar-refractivity contribution in [2.75, 3.05) is 0 Å². The Morgan fingerprint density at radius 2 is 1.70 bits per heavy atom. The molecule has 61 valence electrons. The Morgan fingerprint density at radius 3 is 1.80 bits per heavy atom. The molecule has 0 heterocycles. The van der Waals surface area contributed by atoms with Crippen LogP contribution in [0.25, 0.3) is 0 Å². The molecule has 0 aromatic carbocycles. The normalized spacial score (nSPS) is 10.9. The second kappa shape index (κ2) is 12.6. The van der Waals surface area contributed by atoms with Gasteiger partial charge in [-0.05, 0) is 0 Å². The summed E-state index contributed by atoms with van der Waals surface area (Å²) < 4.78 is 1.56. The summed E-state index contributed by atoms with van der Waals surface area (Å²) in [6, 6.07) is 0. The summed E-state index contributed by atoms with van der Waals surface area (Å²) in [5, 5.41) is 0. The van der Waals surface area contributed by atoms with Gasteiger partial charge in [-0.3, -0.25) is 0 Å². The Hall–Kier alpha value is 0.943. The number of hydrogen-bond acceptors (Lipinski definition) is 0. The van der Waals surface area contributed by atoms with Gasteiger partial charge in [-0.1, -0.05) is 14.9 Å². The van der Waals surface area contributed by atoms with Crippen molar-refractivity contribution in [2.24, 2.45) is 0 Å². The first-order valence-electron chi connectivity index (χ1n) is 1.97. The van der Waals surface area contributed by atoms with Crippen LogP contribution in [-0.4, -0.2) is 0 Å². The zero-order valence-electron chi connectivity index (χ0n) is 4.26. The van der Waals surface area contributed by atoms with E-state index in [1.165, 1.54) is 6.42 Å². The molecule has 0 atom stereocenters. The summed E-state index contributed by atoms with van der Waals surface area (Å²) in [5.74, 6) is 0. The van der Waals surface area contributed by atoms with Gasteiger partial charge in [-0.2, -0.15) is 0 Å². The second-order valence-corrected chi connectivity index (χ2v) is 2.90. The zero-order chi connectivity index (χ0) is 4.41. The third-order valence-electron chi connectivity index (χ3n) is 0.771. The number of rotatable bonds is 0. The van der Waals surface area contributed by atoms with Crippen molar-refractivity contribution in [1.29, 1.82) is 0 Å². The van der Waals surface area contributed by atoms with Crippen LogP contribution in [-0.2, 0) is 24.7 Å². The van der Waals surface area contributed by atoms with Crippen LogP contribution in [0.5, 0.6) is 0 Å². The quantitative estimate of drug-likeness (QED) is 0.626. The van der Waals surface area contributed by atoms with Crippen LogP contribution in [0.3, 0.4) is 0 Å². The monoisotopic (exact) mass is 259 g/mol. The Balaban J connectivity index is -0.0000000450. The predicted octanol–water partition coefficient (Wildman–Crippen LogP) is 3.49. The van der Waals surface area contributed by atoms with Crippen molar-refractivity contribution in [2.45, 2.75) is 21.3 Å². The van der Waals surface area contributed by atoms with Gasteiger partial charge >= 0.3 is 52.6 Å². The van der Waals surface area contributed by atoms with E-state index in [1.54, 1.807) is 28.0 Å². The van der Waals surface area contributed by atoms with E-state index in [0.29, 0.717) is 0 Å². The summed E-state index contributed by atoms with van der Waals surface area (Å²) in [7, 11) is 0. The zero-order valence-corrected chi connectivity index (χ0v) is 8.35. The molecule has 0 radical (unpaired) electrons. The SMILES string of the molecule is C.C.Cl.Cl.[Zr][C]1=CC=CC1. The van der Waals surface area contributed by atoms with E-state index in [1.807, 2.05) is 0 Å². The summed E-state index contributed by atoms with van der Waals surface area (Å²) in [4.78, 5) is 0. The maximum atomic E-state index is 2.18. The first kappa shape index (κ1) is 22.4. The summed E-state index contributed by atoms with van der Waals surface area (Å²) in [6.45, 7) is 0. The molecule has 1 aliphatic rings. The van der Waals surface area contributed by atoms with Crippen LogP contribution in [0, 0.1) is 0 Å². The van der Waals surface area contributed by atoms with Crippen LogP contribution < -0.4 is 0 Å². The molecule has 0 bridgehead atoms. The molecular weight excluding hydrogens is 246 g/mol. The number of hydrogen-bond donors (Lipinski definition) is 0. The minimum absolute atomic E-state index is 0. The molecule has 0 nitrogen and oxygen atoms in total. The topological polar surface area (TPSA) is 0 Å². The maximum absolute atomic E-state index is 2.18. The molecular formula is C7H15Cl2Zr. The molecule has 3 heteroatoms. The van der Waals surface area contributed by atoms with E-state index >= 15 is 0 Å². The Bertz CT molecular complexity index is 108. The third-order valence-corrected chi connectivity index (χ3v) is 1.68. The predicted molar refractivity (Wildman–Crippen MR) is 49.8 cm³/mol.